The van der Waals surface area contributed by atoms with Crippen molar-refractivity contribution in [3.63, 3.8) is 0 Å². The molecular weight excluding hydrogens is 204 g/mol. The monoisotopic (exact) mass is 213 g/mol. The van der Waals surface area contributed by atoms with E-state index in [0.29, 0.717) is 6.29 Å². The van der Waals surface area contributed by atoms with E-state index in [-0.39, 0.29) is 22.8 Å². The summed E-state index contributed by atoms with van der Waals surface area (Å²) in [5.41, 5.74) is -0.169. The van der Waals surface area contributed by atoms with Gasteiger partial charge < -0.3 is 16.0 Å². The Balaban J connectivity index is 3.06. The fraction of sp³-hybridized carbons (Fsp3) is 0.111. The summed E-state index contributed by atoms with van der Waals surface area (Å²) in [5, 5.41) is 11.8. The lowest BCUT2D eigenvalue weighted by atomic mass is 10.2. The number of halogens is 2. The van der Waals surface area contributed by atoms with Crippen LogP contribution >= 0.6 is 0 Å². The number of carbonyl (C=O) groups is 1. The van der Waals surface area contributed by atoms with Gasteiger partial charge in [0, 0.05) is 11.9 Å². The molecule has 0 radical (unpaired) electrons. The van der Waals surface area contributed by atoms with Gasteiger partial charge in [-0.15, -0.1) is 0 Å². The first-order valence-corrected chi connectivity index (χ1v) is 4.01. The van der Waals surface area contributed by atoms with E-state index in [1.54, 1.807) is 0 Å². The van der Waals surface area contributed by atoms with Crippen molar-refractivity contribution < 1.29 is 13.6 Å². The summed E-state index contributed by atoms with van der Waals surface area (Å²) in [6.45, 7) is 3.46. The smallest absolute Gasteiger partial charge is 0.278 e. The first-order chi connectivity index (χ1) is 7.08. The van der Waals surface area contributed by atoms with Crippen LogP contribution in [0.25, 0.3) is 0 Å². The molecule has 3 N–H and O–H groups in total. The van der Waals surface area contributed by atoms with E-state index in [2.05, 4.69) is 17.2 Å². The quantitative estimate of drug-likeness (QED) is 0.371. The standard InChI is InChI=1S/C9H9F2N3O/c1-5-2-7(8(10)11)14-9(13-5)6(3-12)4-15/h2-4,8,12-14H,1H2/b9-6+,12-3?. The van der Waals surface area contributed by atoms with Crippen LogP contribution in [0.2, 0.25) is 0 Å². The van der Waals surface area contributed by atoms with Gasteiger partial charge in [-0.25, -0.2) is 8.78 Å². The van der Waals surface area contributed by atoms with Crippen molar-refractivity contribution in [2.45, 2.75) is 6.43 Å². The number of hydrogen-bond donors (Lipinski definition) is 3. The summed E-state index contributed by atoms with van der Waals surface area (Å²) >= 11 is 0. The molecule has 0 aliphatic carbocycles. The Morgan fingerprint density at radius 2 is 2.20 bits per heavy atom. The summed E-state index contributed by atoms with van der Waals surface area (Å²) < 4.78 is 24.7. The van der Waals surface area contributed by atoms with E-state index < -0.39 is 6.43 Å². The van der Waals surface area contributed by atoms with E-state index in [1.807, 2.05) is 0 Å². The van der Waals surface area contributed by atoms with E-state index in [1.165, 1.54) is 0 Å². The largest absolute Gasteiger partial charge is 0.342 e. The van der Waals surface area contributed by atoms with E-state index in [0.717, 1.165) is 12.3 Å². The van der Waals surface area contributed by atoms with Crippen molar-refractivity contribution >= 4 is 12.5 Å². The molecule has 0 saturated heterocycles. The summed E-state index contributed by atoms with van der Waals surface area (Å²) in [6.07, 6.45) is -0.383. The van der Waals surface area contributed by atoms with Crippen molar-refractivity contribution in [2.24, 2.45) is 0 Å². The van der Waals surface area contributed by atoms with Crippen LogP contribution in [0, 0.1) is 5.41 Å². The molecule has 0 fully saturated rings. The number of nitrogens with one attached hydrogen (secondary N) is 3. The molecular formula is C9H9F2N3O. The molecule has 1 rings (SSSR count). The average Bonchev–Trinajstić information content (AvgIpc) is 2.18. The first-order valence-electron chi connectivity index (χ1n) is 4.01. The SMILES string of the molecule is C=C1C=C(C(F)F)N/C(=C(\C=N)C=O)N1. The lowest BCUT2D eigenvalue weighted by molar-refractivity contribution is -0.104. The molecule has 0 aromatic heterocycles. The molecule has 4 nitrogen and oxygen atoms in total. The summed E-state index contributed by atoms with van der Waals surface area (Å²) in [6, 6.07) is 0. The second-order valence-corrected chi connectivity index (χ2v) is 2.77. The van der Waals surface area contributed by atoms with Crippen molar-refractivity contribution in [1.29, 1.82) is 5.41 Å². The summed E-state index contributed by atoms with van der Waals surface area (Å²) in [5.74, 6) is 0.0443. The highest BCUT2D eigenvalue weighted by atomic mass is 19.3. The molecule has 0 aromatic rings. The van der Waals surface area contributed by atoms with Crippen LogP contribution in [-0.2, 0) is 4.79 Å². The van der Waals surface area contributed by atoms with Gasteiger partial charge in [-0.2, -0.15) is 0 Å². The number of aldehydes is 1. The van der Waals surface area contributed by atoms with Crippen LogP contribution < -0.4 is 10.6 Å². The Kier molecular flexibility index (Phi) is 3.33. The molecule has 0 bridgehead atoms. The second kappa shape index (κ2) is 4.50. The molecule has 0 atom stereocenters. The number of allylic oxidation sites excluding steroid dienone is 3. The fourth-order valence-electron chi connectivity index (χ4n) is 1.02. The molecule has 15 heavy (non-hydrogen) atoms. The Hall–Kier alpha value is -1.98. The topological polar surface area (TPSA) is 65.0 Å². The van der Waals surface area contributed by atoms with Crippen molar-refractivity contribution in [3.05, 3.63) is 35.4 Å². The highest BCUT2D eigenvalue weighted by Gasteiger charge is 2.18. The van der Waals surface area contributed by atoms with Crippen molar-refractivity contribution in [2.75, 3.05) is 0 Å². The van der Waals surface area contributed by atoms with Crippen LogP contribution in [0.5, 0.6) is 0 Å². The molecule has 6 heteroatoms. The summed E-state index contributed by atoms with van der Waals surface area (Å²) in [4.78, 5) is 10.5. The third-order valence-electron chi connectivity index (χ3n) is 1.69. The Morgan fingerprint density at radius 3 is 2.67 bits per heavy atom. The number of rotatable bonds is 3. The highest BCUT2D eigenvalue weighted by Crippen LogP contribution is 2.14. The minimum atomic E-state index is -2.68. The van der Waals surface area contributed by atoms with Gasteiger partial charge in [0.2, 0.25) is 0 Å². The van der Waals surface area contributed by atoms with Gasteiger partial charge in [0.15, 0.2) is 6.29 Å². The average molecular weight is 213 g/mol. The molecule has 1 heterocycles. The zero-order valence-electron chi connectivity index (χ0n) is 7.68. The normalized spacial score (nSPS) is 18.9. The fourth-order valence-corrected chi connectivity index (χ4v) is 1.02. The van der Waals surface area contributed by atoms with Gasteiger partial charge in [0.25, 0.3) is 6.43 Å². The van der Waals surface area contributed by atoms with Gasteiger partial charge in [0.05, 0.1) is 11.3 Å². The molecule has 1 aliphatic heterocycles. The van der Waals surface area contributed by atoms with Gasteiger partial charge in [-0.3, -0.25) is 4.79 Å². The van der Waals surface area contributed by atoms with E-state index in [4.69, 9.17) is 5.41 Å². The van der Waals surface area contributed by atoms with Crippen LogP contribution in [0.15, 0.2) is 35.4 Å². The summed E-state index contributed by atoms with van der Waals surface area (Å²) in [7, 11) is 0. The molecule has 80 valence electrons. The van der Waals surface area contributed by atoms with Crippen LogP contribution in [0.4, 0.5) is 8.78 Å². The second-order valence-electron chi connectivity index (χ2n) is 2.77. The highest BCUT2D eigenvalue weighted by molar-refractivity contribution is 6.01. The van der Waals surface area contributed by atoms with Crippen LogP contribution in [-0.4, -0.2) is 18.9 Å². The number of carbonyl (C=O) groups excluding carboxylic acids is 1. The van der Waals surface area contributed by atoms with E-state index in [9.17, 15) is 13.6 Å². The molecule has 0 aromatic carbocycles. The number of alkyl halides is 2. The van der Waals surface area contributed by atoms with Crippen molar-refractivity contribution in [1.82, 2.24) is 10.6 Å². The lowest BCUT2D eigenvalue weighted by Crippen LogP contribution is -2.34. The third kappa shape index (κ3) is 2.49. The molecule has 0 amide bonds. The predicted octanol–water partition coefficient (Wildman–Crippen LogP) is 0.902. The van der Waals surface area contributed by atoms with Gasteiger partial charge in [0.1, 0.15) is 5.82 Å². The Labute approximate surface area is 84.9 Å². The lowest BCUT2D eigenvalue weighted by Gasteiger charge is -2.22. The molecule has 0 unspecified atom stereocenters. The van der Waals surface area contributed by atoms with Gasteiger partial charge in [-0.1, -0.05) is 6.58 Å². The zero-order valence-corrected chi connectivity index (χ0v) is 7.68. The maximum atomic E-state index is 12.4. The first kappa shape index (κ1) is 11.1. The molecule has 0 saturated carbocycles. The number of hydrogen-bond acceptors (Lipinski definition) is 4. The maximum Gasteiger partial charge on any atom is 0.278 e. The molecule has 1 aliphatic rings. The third-order valence-corrected chi connectivity index (χ3v) is 1.69. The van der Waals surface area contributed by atoms with Crippen molar-refractivity contribution in [3.8, 4) is 0 Å². The van der Waals surface area contributed by atoms with Gasteiger partial charge >= 0.3 is 0 Å². The predicted molar refractivity (Wildman–Crippen MR) is 51.4 cm³/mol. The minimum absolute atomic E-state index is 0.0443. The Bertz CT molecular complexity index is 362. The zero-order chi connectivity index (χ0) is 11.4. The Morgan fingerprint density at radius 1 is 1.53 bits per heavy atom. The maximum absolute atomic E-state index is 12.4. The molecule has 0 spiro atoms. The van der Waals surface area contributed by atoms with Gasteiger partial charge in [-0.05, 0) is 6.08 Å². The van der Waals surface area contributed by atoms with Crippen LogP contribution in [0.3, 0.4) is 0 Å². The van der Waals surface area contributed by atoms with Crippen LogP contribution in [0.1, 0.15) is 0 Å². The van der Waals surface area contributed by atoms with E-state index >= 15 is 0 Å². The minimum Gasteiger partial charge on any atom is -0.342 e.